The number of fused-ring (bicyclic) bond motifs is 4. The number of benzene rings is 1. The summed E-state index contributed by atoms with van der Waals surface area (Å²) in [5.41, 5.74) is 3.21. The maximum Gasteiger partial charge on any atom is 0.344 e. The van der Waals surface area contributed by atoms with E-state index in [0.717, 1.165) is 29.0 Å². The summed E-state index contributed by atoms with van der Waals surface area (Å²) < 4.78 is 22.4. The molecule has 7 nitrogen and oxygen atoms in total. The Kier molecular flexibility index (Phi) is 4.73. The first kappa shape index (κ1) is 18.0. The molecule has 4 rings (SSSR count). The molecule has 0 unspecified atom stereocenters. The Balaban J connectivity index is 0.00000196. The smallest absolute Gasteiger partial charge is 0.344 e. The van der Waals surface area contributed by atoms with Crippen molar-refractivity contribution < 1.29 is 45.5 Å². The molecular weight excluding hydrogens is 362 g/mol. The SMILES string of the molecule is COC(=O)c1cc2[n+](cc1C(=O)OC)CCc1cc3c(cc1-2)OCO3.[Cl-]. The van der Waals surface area contributed by atoms with Crippen LogP contribution in [0.5, 0.6) is 11.5 Å². The number of rotatable bonds is 2. The Morgan fingerprint density at radius 1 is 1.00 bits per heavy atom. The standard InChI is InChI=1S/C18H16NO6.ClH/c1-22-17(20)12-6-14-11-7-16-15(24-9-25-16)5-10(11)3-4-19(14)8-13(12)18(21)23-2;/h5-8H,3-4,9H2,1-2H3;1H/q+1;/p-1. The summed E-state index contributed by atoms with van der Waals surface area (Å²) in [7, 11) is 2.56. The topological polar surface area (TPSA) is 74.9 Å². The van der Waals surface area contributed by atoms with Crippen molar-refractivity contribution in [1.29, 1.82) is 0 Å². The van der Waals surface area contributed by atoms with Crippen molar-refractivity contribution in [2.45, 2.75) is 13.0 Å². The van der Waals surface area contributed by atoms with Gasteiger partial charge in [-0.2, -0.15) is 4.57 Å². The van der Waals surface area contributed by atoms with Crippen LogP contribution in [-0.4, -0.2) is 33.0 Å². The second-order valence-corrected chi connectivity index (χ2v) is 5.78. The number of aromatic nitrogens is 1. The van der Waals surface area contributed by atoms with Gasteiger partial charge in [-0.25, -0.2) is 9.59 Å². The molecule has 136 valence electrons. The Morgan fingerprint density at radius 2 is 1.65 bits per heavy atom. The number of nitrogens with zero attached hydrogens (tertiary/aromatic N) is 1. The van der Waals surface area contributed by atoms with Crippen LogP contribution < -0.4 is 26.4 Å². The largest absolute Gasteiger partial charge is 1.00 e. The van der Waals surface area contributed by atoms with Gasteiger partial charge in [0.15, 0.2) is 24.2 Å². The highest BCUT2D eigenvalue weighted by Gasteiger charge is 2.32. The van der Waals surface area contributed by atoms with Crippen molar-refractivity contribution in [1.82, 2.24) is 0 Å². The van der Waals surface area contributed by atoms with E-state index in [1.807, 2.05) is 16.7 Å². The van der Waals surface area contributed by atoms with Crippen LogP contribution in [-0.2, 0) is 22.4 Å². The van der Waals surface area contributed by atoms with Crippen molar-refractivity contribution in [3.05, 3.63) is 41.1 Å². The molecule has 3 heterocycles. The van der Waals surface area contributed by atoms with Crippen LogP contribution in [0.1, 0.15) is 26.3 Å². The van der Waals surface area contributed by atoms with Gasteiger partial charge in [0.05, 0.1) is 25.3 Å². The van der Waals surface area contributed by atoms with Crippen molar-refractivity contribution in [3.8, 4) is 22.8 Å². The molecule has 26 heavy (non-hydrogen) atoms. The lowest BCUT2D eigenvalue weighted by molar-refractivity contribution is -0.687. The number of carbonyl (C=O) groups excluding carboxylic acids is 2. The van der Waals surface area contributed by atoms with Gasteiger partial charge in [0.2, 0.25) is 12.5 Å². The van der Waals surface area contributed by atoms with Crippen LogP contribution in [0.4, 0.5) is 0 Å². The molecule has 0 radical (unpaired) electrons. The molecule has 0 bridgehead atoms. The average molecular weight is 378 g/mol. The highest BCUT2D eigenvalue weighted by Crippen LogP contribution is 2.39. The molecule has 2 aliphatic rings. The minimum Gasteiger partial charge on any atom is -1.00 e. The van der Waals surface area contributed by atoms with E-state index in [1.165, 1.54) is 14.2 Å². The zero-order valence-corrected chi connectivity index (χ0v) is 15.0. The number of methoxy groups -OCH3 is 2. The summed E-state index contributed by atoms with van der Waals surface area (Å²) in [5, 5.41) is 0. The Labute approximate surface area is 155 Å². The summed E-state index contributed by atoms with van der Waals surface area (Å²) in [4.78, 5) is 24.2. The quantitative estimate of drug-likeness (QED) is 0.468. The molecule has 0 saturated carbocycles. The zero-order chi connectivity index (χ0) is 17.6. The first-order chi connectivity index (χ1) is 12.1. The van der Waals surface area contributed by atoms with Gasteiger partial charge in [-0.3, -0.25) is 0 Å². The second kappa shape index (κ2) is 6.84. The first-order valence-corrected chi connectivity index (χ1v) is 7.79. The highest BCUT2D eigenvalue weighted by molar-refractivity contribution is 6.03. The highest BCUT2D eigenvalue weighted by atomic mass is 35.5. The Bertz CT molecular complexity index is 911. The zero-order valence-electron chi connectivity index (χ0n) is 14.2. The van der Waals surface area contributed by atoms with E-state index >= 15 is 0 Å². The van der Waals surface area contributed by atoms with E-state index in [-0.39, 0.29) is 30.3 Å². The maximum atomic E-state index is 12.2. The average Bonchev–Trinajstić information content (AvgIpc) is 3.11. The number of aryl methyl sites for hydroxylation is 2. The molecule has 0 fully saturated rings. The number of pyridine rings is 1. The minimum atomic E-state index is -0.586. The molecular formula is C18H16ClNO6. The van der Waals surface area contributed by atoms with Gasteiger partial charge in [0.25, 0.3) is 0 Å². The molecule has 2 aromatic rings. The maximum absolute atomic E-state index is 12.2. The number of esters is 2. The predicted molar refractivity (Wildman–Crippen MR) is 84.6 cm³/mol. The van der Waals surface area contributed by atoms with E-state index < -0.39 is 11.9 Å². The molecule has 0 spiro atoms. The van der Waals surface area contributed by atoms with E-state index in [9.17, 15) is 9.59 Å². The van der Waals surface area contributed by atoms with Gasteiger partial charge in [-0.05, 0) is 17.7 Å². The summed E-state index contributed by atoms with van der Waals surface area (Å²) >= 11 is 0. The van der Waals surface area contributed by atoms with Crippen LogP contribution in [0.25, 0.3) is 11.3 Å². The number of ether oxygens (including phenoxy) is 4. The third-order valence-corrected chi connectivity index (χ3v) is 4.47. The van der Waals surface area contributed by atoms with E-state index in [4.69, 9.17) is 18.9 Å². The summed E-state index contributed by atoms with van der Waals surface area (Å²) in [6.45, 7) is 0.875. The summed E-state index contributed by atoms with van der Waals surface area (Å²) in [5.74, 6) is 0.235. The van der Waals surface area contributed by atoms with E-state index in [2.05, 4.69) is 0 Å². The van der Waals surface area contributed by atoms with E-state index in [1.54, 1.807) is 12.3 Å². The fraction of sp³-hybridized carbons (Fsp3) is 0.278. The van der Waals surface area contributed by atoms with Crippen molar-refractivity contribution in [3.63, 3.8) is 0 Å². The van der Waals surface area contributed by atoms with Gasteiger partial charge in [0.1, 0.15) is 5.56 Å². The lowest BCUT2D eigenvalue weighted by atomic mass is 9.94. The van der Waals surface area contributed by atoms with Gasteiger partial charge in [-0.1, -0.05) is 0 Å². The Morgan fingerprint density at radius 3 is 2.35 bits per heavy atom. The van der Waals surface area contributed by atoms with Gasteiger partial charge >= 0.3 is 11.9 Å². The summed E-state index contributed by atoms with van der Waals surface area (Å²) in [6.07, 6.45) is 2.42. The lowest BCUT2D eigenvalue weighted by Crippen LogP contribution is -3.00. The van der Waals surface area contributed by atoms with Gasteiger partial charge < -0.3 is 31.4 Å². The number of hydrogen-bond acceptors (Lipinski definition) is 6. The van der Waals surface area contributed by atoms with Crippen LogP contribution in [0.2, 0.25) is 0 Å². The van der Waals surface area contributed by atoms with Crippen LogP contribution >= 0.6 is 0 Å². The van der Waals surface area contributed by atoms with Gasteiger partial charge in [-0.15, -0.1) is 0 Å². The predicted octanol–water partition coefficient (Wildman–Crippen LogP) is -1.50. The molecule has 8 heteroatoms. The number of hydrogen-bond donors (Lipinski definition) is 0. The van der Waals surface area contributed by atoms with Crippen LogP contribution in [0, 0.1) is 0 Å². The van der Waals surface area contributed by atoms with Crippen molar-refractivity contribution in [2.75, 3.05) is 21.0 Å². The molecule has 0 N–H and O–H groups in total. The molecule has 2 aliphatic heterocycles. The molecule has 0 atom stereocenters. The monoisotopic (exact) mass is 377 g/mol. The number of carbonyl (C=O) groups is 2. The lowest BCUT2D eigenvalue weighted by Gasteiger charge is -2.17. The first-order valence-electron chi connectivity index (χ1n) is 7.79. The van der Waals surface area contributed by atoms with Crippen molar-refractivity contribution >= 4 is 11.9 Å². The molecule has 0 amide bonds. The molecule has 1 aromatic heterocycles. The minimum absolute atomic E-state index is 0. The fourth-order valence-electron chi connectivity index (χ4n) is 3.23. The molecule has 0 aliphatic carbocycles. The molecule has 1 aromatic carbocycles. The van der Waals surface area contributed by atoms with Gasteiger partial charge in [0, 0.05) is 12.5 Å². The third kappa shape index (κ3) is 2.74. The second-order valence-electron chi connectivity index (χ2n) is 5.78. The Hall–Kier alpha value is -2.80. The van der Waals surface area contributed by atoms with Crippen molar-refractivity contribution in [2.24, 2.45) is 0 Å². The molecule has 0 saturated heterocycles. The summed E-state index contributed by atoms with van der Waals surface area (Å²) in [6, 6.07) is 5.53. The third-order valence-electron chi connectivity index (χ3n) is 4.47. The number of halogens is 1. The normalized spacial score (nSPS) is 13.2. The van der Waals surface area contributed by atoms with Crippen LogP contribution in [0.15, 0.2) is 24.4 Å². The van der Waals surface area contributed by atoms with E-state index in [0.29, 0.717) is 12.3 Å². The fourth-order valence-corrected chi connectivity index (χ4v) is 3.23. The van der Waals surface area contributed by atoms with Crippen LogP contribution in [0.3, 0.4) is 0 Å².